The molecule has 3 rings (SSSR count). The molecular weight excluding hydrogens is 450 g/mol. The lowest BCUT2D eigenvalue weighted by atomic mass is 10.1. The summed E-state index contributed by atoms with van der Waals surface area (Å²) in [6.45, 7) is 5.25. The molecule has 0 aliphatic rings. The predicted molar refractivity (Wildman–Crippen MR) is 124 cm³/mol. The molecule has 0 aliphatic heterocycles. The van der Waals surface area contributed by atoms with E-state index >= 15 is 0 Å². The summed E-state index contributed by atoms with van der Waals surface area (Å²) in [7, 11) is 2.96. The second kappa shape index (κ2) is 9.55. The maximum atomic E-state index is 12.4. The van der Waals surface area contributed by atoms with Gasteiger partial charge in [-0.1, -0.05) is 54.0 Å². The van der Waals surface area contributed by atoms with Crippen LogP contribution in [-0.4, -0.2) is 26.7 Å². The lowest BCUT2D eigenvalue weighted by Gasteiger charge is -2.26. The van der Waals surface area contributed by atoms with Gasteiger partial charge in [0.15, 0.2) is 0 Å². The van der Waals surface area contributed by atoms with Gasteiger partial charge in [-0.3, -0.25) is 0 Å². The lowest BCUT2D eigenvalue weighted by Crippen LogP contribution is -2.20. The number of hydrogen-bond donors (Lipinski definition) is 0. The summed E-state index contributed by atoms with van der Waals surface area (Å²) in [6.07, 6.45) is 0. The number of carbonyl (C=O) groups excluding carboxylic acids is 1. The van der Waals surface area contributed by atoms with Crippen molar-refractivity contribution in [1.29, 1.82) is 0 Å². The van der Waals surface area contributed by atoms with Gasteiger partial charge in [0, 0.05) is 32.4 Å². The Kier molecular flexibility index (Phi) is 7.09. The highest BCUT2D eigenvalue weighted by Gasteiger charge is 2.21. The topological polar surface area (TPSA) is 38.8 Å². The molecule has 0 heterocycles. The van der Waals surface area contributed by atoms with Gasteiger partial charge in [-0.15, -0.1) is 0 Å². The van der Waals surface area contributed by atoms with Crippen LogP contribution >= 0.6 is 27.9 Å². The van der Waals surface area contributed by atoms with E-state index in [4.69, 9.17) is 9.47 Å². The van der Waals surface area contributed by atoms with E-state index in [-0.39, 0.29) is 0 Å². The number of halogens is 1. The molecule has 0 aromatic heterocycles. The number of fused-ring (bicyclic) bond motifs is 1. The summed E-state index contributed by atoms with van der Waals surface area (Å²) in [5.74, 6) is 0.597. The van der Waals surface area contributed by atoms with Crippen molar-refractivity contribution in [2.75, 3.05) is 25.1 Å². The monoisotopic (exact) mass is 473 g/mol. The summed E-state index contributed by atoms with van der Waals surface area (Å²) < 4.78 is 13.9. The van der Waals surface area contributed by atoms with Gasteiger partial charge >= 0.3 is 5.97 Å². The Morgan fingerprint density at radius 2 is 1.72 bits per heavy atom. The molecule has 0 amide bonds. The summed E-state index contributed by atoms with van der Waals surface area (Å²) >= 11 is 5.12. The number of methoxy groups -OCH3 is 2. The van der Waals surface area contributed by atoms with Gasteiger partial charge in [-0.05, 0) is 48.2 Å². The van der Waals surface area contributed by atoms with Gasteiger partial charge in [0.25, 0.3) is 0 Å². The fourth-order valence-corrected chi connectivity index (χ4v) is 4.67. The largest absolute Gasteiger partial charge is 0.495 e. The molecule has 6 heteroatoms. The second-order valence-corrected chi connectivity index (χ2v) is 8.99. The zero-order chi connectivity index (χ0) is 21.0. The van der Waals surface area contributed by atoms with E-state index in [2.05, 4.69) is 52.3 Å². The minimum atomic E-state index is -0.409. The number of carbonyl (C=O) groups is 1. The van der Waals surface area contributed by atoms with Crippen LogP contribution in [0.25, 0.3) is 10.8 Å². The maximum Gasteiger partial charge on any atom is 0.341 e. The molecule has 29 heavy (non-hydrogen) atoms. The Balaban J connectivity index is 2.13. The van der Waals surface area contributed by atoms with Crippen molar-refractivity contribution in [2.24, 2.45) is 5.92 Å². The van der Waals surface area contributed by atoms with E-state index in [9.17, 15) is 4.79 Å². The van der Waals surface area contributed by atoms with E-state index in [1.54, 1.807) is 19.1 Å². The molecule has 0 unspecified atom stereocenters. The first-order valence-corrected chi connectivity index (χ1v) is 10.9. The Morgan fingerprint density at radius 3 is 2.31 bits per heavy atom. The Hall–Kier alpha value is -2.18. The fraction of sp³-hybridized carbons (Fsp3) is 0.261. The van der Waals surface area contributed by atoms with Gasteiger partial charge in [-0.25, -0.2) is 4.79 Å². The van der Waals surface area contributed by atoms with Crippen molar-refractivity contribution >= 4 is 50.3 Å². The van der Waals surface area contributed by atoms with Gasteiger partial charge in [0.05, 0.1) is 14.2 Å². The van der Waals surface area contributed by atoms with Crippen LogP contribution in [0.4, 0.5) is 5.69 Å². The third-order valence-corrected chi connectivity index (χ3v) is 6.06. The molecule has 0 saturated heterocycles. The van der Waals surface area contributed by atoms with Gasteiger partial charge in [0.1, 0.15) is 11.3 Å². The van der Waals surface area contributed by atoms with Crippen molar-refractivity contribution in [2.45, 2.75) is 18.7 Å². The van der Waals surface area contributed by atoms with E-state index < -0.39 is 5.97 Å². The number of nitrogens with zero attached hydrogens (tertiary/aromatic N) is 1. The molecule has 0 aliphatic carbocycles. The lowest BCUT2D eigenvalue weighted by molar-refractivity contribution is 0.0597. The van der Waals surface area contributed by atoms with Crippen LogP contribution in [0.15, 0.2) is 64.0 Å². The molecule has 0 bridgehead atoms. The average molecular weight is 474 g/mol. The van der Waals surface area contributed by atoms with Gasteiger partial charge in [-0.2, -0.15) is 0 Å². The Labute approximate surface area is 184 Å². The highest BCUT2D eigenvalue weighted by atomic mass is 79.9. The number of anilines is 1. The fourth-order valence-electron chi connectivity index (χ4n) is 3.13. The zero-order valence-electron chi connectivity index (χ0n) is 16.9. The maximum absolute atomic E-state index is 12.4. The molecular formula is C23H24BrNO3S. The minimum Gasteiger partial charge on any atom is -0.495 e. The van der Waals surface area contributed by atoms with Crippen LogP contribution in [0.3, 0.4) is 0 Å². The normalized spacial score (nSPS) is 11.0. The van der Waals surface area contributed by atoms with Crippen LogP contribution in [0.5, 0.6) is 5.75 Å². The number of esters is 1. The van der Waals surface area contributed by atoms with Gasteiger partial charge < -0.3 is 13.8 Å². The molecule has 0 fully saturated rings. The average Bonchev–Trinajstić information content (AvgIpc) is 2.72. The van der Waals surface area contributed by atoms with Crippen molar-refractivity contribution < 1.29 is 14.3 Å². The number of benzene rings is 3. The first kappa shape index (κ1) is 21.5. The summed E-state index contributed by atoms with van der Waals surface area (Å²) in [6, 6.07) is 18.1. The number of ether oxygens (including phenoxy) is 2. The second-order valence-electron chi connectivity index (χ2n) is 7.02. The number of hydrogen-bond acceptors (Lipinski definition) is 5. The van der Waals surface area contributed by atoms with E-state index in [0.29, 0.717) is 17.2 Å². The van der Waals surface area contributed by atoms with Crippen LogP contribution in [0, 0.1) is 5.92 Å². The zero-order valence-corrected chi connectivity index (χ0v) is 19.3. The first-order valence-electron chi connectivity index (χ1n) is 9.33. The molecule has 0 spiro atoms. The number of rotatable bonds is 7. The van der Waals surface area contributed by atoms with Crippen LogP contribution in [-0.2, 0) is 4.74 Å². The quantitative estimate of drug-likeness (QED) is 0.286. The van der Waals surface area contributed by atoms with Crippen molar-refractivity contribution in [3.8, 4) is 5.75 Å². The van der Waals surface area contributed by atoms with E-state index in [0.717, 1.165) is 32.4 Å². The van der Waals surface area contributed by atoms with Crippen molar-refractivity contribution in [3.63, 3.8) is 0 Å². The summed E-state index contributed by atoms with van der Waals surface area (Å²) in [5, 5.41) is 1.92. The first-order chi connectivity index (χ1) is 13.9. The molecule has 0 atom stereocenters. The van der Waals surface area contributed by atoms with Crippen LogP contribution < -0.4 is 9.04 Å². The molecule has 152 valence electrons. The van der Waals surface area contributed by atoms with Gasteiger partial charge in [0.2, 0.25) is 0 Å². The summed E-state index contributed by atoms with van der Waals surface area (Å²) in [5.41, 5.74) is 1.53. The molecule has 0 N–H and O–H groups in total. The van der Waals surface area contributed by atoms with Crippen LogP contribution in [0.2, 0.25) is 0 Å². The van der Waals surface area contributed by atoms with Crippen molar-refractivity contribution in [1.82, 2.24) is 0 Å². The molecule has 0 saturated carbocycles. The van der Waals surface area contributed by atoms with E-state index in [1.165, 1.54) is 7.11 Å². The predicted octanol–water partition coefficient (Wildman–Crippen LogP) is 6.57. The highest BCUT2D eigenvalue weighted by molar-refractivity contribution is 9.10. The molecule has 3 aromatic rings. The standard InChI is InChI=1S/C23H24BrNO3S/c1-15(2)14-25(17-11-9-16(24)10-12-17)29-21-13-20(23(26)28-4)22(27-3)19-8-6-5-7-18(19)21/h5-13,15H,14H2,1-4H3. The highest BCUT2D eigenvalue weighted by Crippen LogP contribution is 2.40. The Morgan fingerprint density at radius 1 is 1.07 bits per heavy atom. The van der Waals surface area contributed by atoms with Crippen molar-refractivity contribution in [3.05, 3.63) is 64.6 Å². The van der Waals surface area contributed by atoms with E-state index in [1.807, 2.05) is 36.4 Å². The Bertz CT molecular complexity index is 1000. The third-order valence-electron chi connectivity index (χ3n) is 4.42. The summed E-state index contributed by atoms with van der Waals surface area (Å²) in [4.78, 5) is 13.4. The molecule has 0 radical (unpaired) electrons. The van der Waals surface area contributed by atoms with Crippen LogP contribution in [0.1, 0.15) is 24.2 Å². The molecule has 3 aromatic carbocycles. The third kappa shape index (κ3) is 4.87. The SMILES string of the molecule is COC(=O)c1cc(SN(CC(C)C)c2ccc(Br)cc2)c2ccccc2c1OC. The minimum absolute atomic E-state index is 0.409. The molecule has 4 nitrogen and oxygen atoms in total. The smallest absolute Gasteiger partial charge is 0.341 e.